The topological polar surface area (TPSA) is 37.3 Å². The van der Waals surface area contributed by atoms with Crippen LogP contribution < -0.4 is 0 Å². The first-order valence-electron chi connectivity index (χ1n) is 5.81. The molecule has 1 saturated heterocycles. The second-order valence-electron chi connectivity index (χ2n) is 5.64. The third-order valence-corrected chi connectivity index (χ3v) is 9.79. The van der Waals surface area contributed by atoms with Crippen molar-refractivity contribution in [3.05, 3.63) is 32.9 Å². The molecule has 0 amide bonds. The lowest BCUT2D eigenvalue weighted by molar-refractivity contribution is 0.0695. The van der Waals surface area contributed by atoms with E-state index in [0.717, 1.165) is 9.13 Å². The molecule has 1 aromatic carbocycles. The van der Waals surface area contributed by atoms with Crippen LogP contribution in [0.4, 0.5) is 0 Å². The van der Waals surface area contributed by atoms with Gasteiger partial charge in [-0.3, -0.25) is 0 Å². The summed E-state index contributed by atoms with van der Waals surface area (Å²) in [4.78, 5) is 11.0. The fourth-order valence-corrected chi connectivity index (χ4v) is 5.92. The molecule has 1 fully saturated rings. The number of hydrogen-bond acceptors (Lipinski definition) is 1. The van der Waals surface area contributed by atoms with Gasteiger partial charge in [-0.2, -0.15) is 0 Å². The van der Waals surface area contributed by atoms with Gasteiger partial charge in [0.05, 0.1) is 5.56 Å². The Balaban J connectivity index is 2.30. The molecular formula is C14H15IO2Si. The maximum absolute atomic E-state index is 11.0. The molecule has 1 unspecified atom stereocenters. The highest BCUT2D eigenvalue weighted by molar-refractivity contribution is 14.1. The molecule has 0 saturated carbocycles. The molecule has 0 bridgehead atoms. The summed E-state index contributed by atoms with van der Waals surface area (Å²) >= 11 is 2.03. The fraction of sp³-hybridized carbons (Fsp3) is 0.357. The van der Waals surface area contributed by atoms with Crippen LogP contribution in [0.15, 0.2) is 18.2 Å². The van der Waals surface area contributed by atoms with Gasteiger partial charge in [0.25, 0.3) is 0 Å². The van der Waals surface area contributed by atoms with Crippen LogP contribution in [-0.4, -0.2) is 19.1 Å². The van der Waals surface area contributed by atoms with Crippen molar-refractivity contribution in [1.82, 2.24) is 0 Å². The van der Waals surface area contributed by atoms with Gasteiger partial charge in [0, 0.05) is 9.13 Å². The van der Waals surface area contributed by atoms with E-state index in [0.29, 0.717) is 10.6 Å². The van der Waals surface area contributed by atoms with Crippen molar-refractivity contribution in [2.75, 3.05) is 0 Å². The number of benzene rings is 1. The summed E-state index contributed by atoms with van der Waals surface area (Å²) in [5, 5.41) is 9.48. The van der Waals surface area contributed by atoms with E-state index in [4.69, 9.17) is 5.11 Å². The molecule has 18 heavy (non-hydrogen) atoms. The van der Waals surface area contributed by atoms with Gasteiger partial charge in [-0.05, 0) is 51.9 Å². The second kappa shape index (κ2) is 4.39. The normalized spacial score (nSPS) is 24.0. The quantitative estimate of drug-likeness (QED) is 0.465. The van der Waals surface area contributed by atoms with Gasteiger partial charge in [0.2, 0.25) is 0 Å². The maximum Gasteiger partial charge on any atom is 0.336 e. The molecule has 4 heteroatoms. The zero-order chi connectivity index (χ0) is 13.6. The van der Waals surface area contributed by atoms with Crippen LogP contribution in [0.25, 0.3) is 0 Å². The average molecular weight is 370 g/mol. The molecule has 1 aliphatic rings. The number of aromatic carboxylic acids is 1. The van der Waals surface area contributed by atoms with Gasteiger partial charge >= 0.3 is 5.97 Å². The van der Waals surface area contributed by atoms with Crippen LogP contribution >= 0.6 is 22.6 Å². The highest BCUT2D eigenvalue weighted by Crippen LogP contribution is 2.61. The van der Waals surface area contributed by atoms with E-state index in [2.05, 4.69) is 31.9 Å². The predicted molar refractivity (Wildman–Crippen MR) is 83.5 cm³/mol. The minimum Gasteiger partial charge on any atom is -0.478 e. The minimum atomic E-state index is -1.39. The van der Waals surface area contributed by atoms with Crippen LogP contribution in [0.3, 0.4) is 0 Å². The maximum atomic E-state index is 11.0. The average Bonchev–Trinajstić information content (AvgIpc) is 2.77. The summed E-state index contributed by atoms with van der Waals surface area (Å²) in [6.45, 7) is 6.83. The molecule has 0 spiro atoms. The van der Waals surface area contributed by atoms with Gasteiger partial charge in [-0.1, -0.05) is 26.3 Å². The number of hydrogen-bond donors (Lipinski definition) is 1. The summed E-state index contributed by atoms with van der Waals surface area (Å²) in [7, 11) is -1.39. The van der Waals surface area contributed by atoms with Crippen molar-refractivity contribution in [2.45, 2.75) is 31.5 Å². The summed E-state index contributed by atoms with van der Waals surface area (Å²) in [6.07, 6.45) is 0. The molecule has 0 radical (unpaired) electrons. The van der Waals surface area contributed by atoms with Crippen LogP contribution in [0.2, 0.25) is 17.6 Å². The van der Waals surface area contributed by atoms with Gasteiger partial charge in [-0.25, -0.2) is 4.79 Å². The van der Waals surface area contributed by atoms with E-state index in [1.165, 1.54) is 6.04 Å². The summed E-state index contributed by atoms with van der Waals surface area (Å²) < 4.78 is 0.751. The summed E-state index contributed by atoms with van der Waals surface area (Å²) in [5.74, 6) is 2.28. The molecule has 2 nitrogen and oxygen atoms in total. The largest absolute Gasteiger partial charge is 0.478 e. The van der Waals surface area contributed by atoms with Crippen LogP contribution in [-0.2, 0) is 0 Å². The van der Waals surface area contributed by atoms with E-state index in [1.54, 1.807) is 6.07 Å². The van der Waals surface area contributed by atoms with Gasteiger partial charge < -0.3 is 5.11 Å². The van der Waals surface area contributed by atoms with E-state index >= 15 is 0 Å². The molecule has 94 valence electrons. The molecular weight excluding hydrogens is 355 g/mol. The second-order valence-corrected chi connectivity index (χ2v) is 11.4. The molecule has 1 N–H and O–H groups in total. The third kappa shape index (κ3) is 2.47. The standard InChI is InChI=1S/C14H15IO2Si/c1-14(2)9-18(14,3)7-6-10-4-5-12(15)11(8-10)13(16)17/h4-5,8H,9H2,1-3H3,(H,16,17). The minimum absolute atomic E-state index is 0.337. The molecule has 1 atom stereocenters. The van der Waals surface area contributed by atoms with Crippen LogP contribution in [0.1, 0.15) is 29.8 Å². The van der Waals surface area contributed by atoms with Crippen LogP contribution in [0.5, 0.6) is 0 Å². The lowest BCUT2D eigenvalue weighted by Gasteiger charge is -2.03. The van der Waals surface area contributed by atoms with Gasteiger partial charge in [0.1, 0.15) is 8.07 Å². The number of rotatable bonds is 1. The number of carboxylic acids is 1. The fourth-order valence-electron chi connectivity index (χ4n) is 2.03. The summed E-state index contributed by atoms with van der Waals surface area (Å²) in [6, 6.07) is 6.62. The van der Waals surface area contributed by atoms with Gasteiger partial charge in [-0.15, -0.1) is 5.54 Å². The highest BCUT2D eigenvalue weighted by atomic mass is 127. The SMILES string of the molecule is CC1(C)C[Si]1(C)C#Cc1ccc(I)c(C(=O)O)c1. The van der Waals surface area contributed by atoms with E-state index < -0.39 is 14.0 Å². The zero-order valence-electron chi connectivity index (χ0n) is 10.7. The lowest BCUT2D eigenvalue weighted by atomic mass is 10.1. The Labute approximate surface area is 122 Å². The van der Waals surface area contributed by atoms with Crippen molar-refractivity contribution in [3.8, 4) is 11.5 Å². The molecule has 0 aromatic heterocycles. The van der Waals surface area contributed by atoms with Crippen molar-refractivity contribution >= 4 is 36.6 Å². The Morgan fingerprint density at radius 3 is 2.61 bits per heavy atom. The Hall–Kier alpha value is -0.803. The Morgan fingerprint density at radius 2 is 2.11 bits per heavy atom. The highest BCUT2D eigenvalue weighted by Gasteiger charge is 2.59. The monoisotopic (exact) mass is 370 g/mol. The Bertz CT molecular complexity index is 583. The van der Waals surface area contributed by atoms with E-state index in [9.17, 15) is 4.79 Å². The van der Waals surface area contributed by atoms with E-state index in [-0.39, 0.29) is 0 Å². The van der Waals surface area contributed by atoms with Gasteiger partial charge in [0.15, 0.2) is 0 Å². The van der Waals surface area contributed by atoms with E-state index in [1.807, 2.05) is 34.7 Å². The number of carboxylic acid groups (broad SMARTS) is 1. The van der Waals surface area contributed by atoms with Crippen LogP contribution in [0, 0.1) is 15.0 Å². The number of halogens is 1. The molecule has 2 rings (SSSR count). The predicted octanol–water partition coefficient (Wildman–Crippen LogP) is 3.75. The van der Waals surface area contributed by atoms with Crippen molar-refractivity contribution in [2.24, 2.45) is 0 Å². The first-order valence-corrected chi connectivity index (χ1v) is 9.60. The van der Waals surface area contributed by atoms with Crippen molar-refractivity contribution in [3.63, 3.8) is 0 Å². The smallest absolute Gasteiger partial charge is 0.336 e. The first kappa shape index (κ1) is 13.6. The Morgan fingerprint density at radius 1 is 1.50 bits per heavy atom. The zero-order valence-corrected chi connectivity index (χ0v) is 13.8. The molecule has 1 aliphatic heterocycles. The number of carbonyl (C=O) groups is 1. The molecule has 1 heterocycles. The van der Waals surface area contributed by atoms with Crippen molar-refractivity contribution in [1.29, 1.82) is 0 Å². The third-order valence-electron chi connectivity index (χ3n) is 3.84. The molecule has 1 aromatic rings. The Kier molecular flexibility index (Phi) is 3.32. The summed E-state index contributed by atoms with van der Waals surface area (Å²) in [5.41, 5.74) is 4.57. The lowest BCUT2D eigenvalue weighted by Crippen LogP contribution is -2.10. The first-order chi connectivity index (χ1) is 8.25. The van der Waals surface area contributed by atoms with Crippen molar-refractivity contribution < 1.29 is 9.90 Å². The molecule has 0 aliphatic carbocycles.